The zero-order chi connectivity index (χ0) is 13.7. The number of halogens is 1. The SMILES string of the molecule is CCC1=C(c2cc3cccc(F)c3s2)N2CCN=C2S1. The predicted molar refractivity (Wildman–Crippen MR) is 85.6 cm³/mol. The van der Waals surface area contributed by atoms with Crippen LogP contribution in [0.15, 0.2) is 34.2 Å². The molecular formula is C15H13FN2S2. The Hall–Kier alpha value is -1.33. The zero-order valence-electron chi connectivity index (χ0n) is 11.0. The Balaban J connectivity index is 1.89. The predicted octanol–water partition coefficient (Wildman–Crippen LogP) is 4.54. The van der Waals surface area contributed by atoms with Crippen molar-refractivity contribution in [1.29, 1.82) is 0 Å². The Morgan fingerprint density at radius 2 is 2.30 bits per heavy atom. The number of thioether (sulfide) groups is 1. The minimum Gasteiger partial charge on any atom is -0.317 e. The number of rotatable bonds is 2. The van der Waals surface area contributed by atoms with Crippen LogP contribution in [0, 0.1) is 5.82 Å². The third kappa shape index (κ3) is 1.73. The summed E-state index contributed by atoms with van der Waals surface area (Å²) in [7, 11) is 0. The molecule has 0 aliphatic carbocycles. The molecule has 3 heterocycles. The Kier molecular flexibility index (Phi) is 2.86. The maximum absolute atomic E-state index is 13.9. The summed E-state index contributed by atoms with van der Waals surface area (Å²) in [6, 6.07) is 7.39. The fourth-order valence-corrected chi connectivity index (χ4v) is 5.03. The van der Waals surface area contributed by atoms with Crippen LogP contribution < -0.4 is 0 Å². The normalized spacial score (nSPS) is 18.1. The largest absolute Gasteiger partial charge is 0.317 e. The molecule has 0 atom stereocenters. The van der Waals surface area contributed by atoms with E-state index >= 15 is 0 Å². The second-order valence-electron chi connectivity index (χ2n) is 4.81. The molecular weight excluding hydrogens is 291 g/mol. The topological polar surface area (TPSA) is 15.6 Å². The molecule has 0 spiro atoms. The first kappa shape index (κ1) is 12.4. The number of thiophene rings is 1. The summed E-state index contributed by atoms with van der Waals surface area (Å²) in [5, 5.41) is 2.09. The van der Waals surface area contributed by atoms with E-state index in [1.165, 1.54) is 16.7 Å². The quantitative estimate of drug-likeness (QED) is 0.809. The molecule has 2 nitrogen and oxygen atoms in total. The minimum absolute atomic E-state index is 0.127. The van der Waals surface area contributed by atoms with Crippen LogP contribution in [-0.4, -0.2) is 23.2 Å². The molecule has 0 amide bonds. The Morgan fingerprint density at radius 1 is 1.40 bits per heavy atom. The number of hydrogen-bond donors (Lipinski definition) is 0. The van der Waals surface area contributed by atoms with Gasteiger partial charge in [0.2, 0.25) is 0 Å². The van der Waals surface area contributed by atoms with Gasteiger partial charge in [-0.2, -0.15) is 0 Å². The van der Waals surface area contributed by atoms with Crippen LogP contribution in [0.25, 0.3) is 15.8 Å². The van der Waals surface area contributed by atoms with Gasteiger partial charge in [0.1, 0.15) is 5.82 Å². The van der Waals surface area contributed by atoms with Crippen LogP contribution in [0.3, 0.4) is 0 Å². The van der Waals surface area contributed by atoms with Gasteiger partial charge in [0, 0.05) is 11.4 Å². The summed E-state index contributed by atoms with van der Waals surface area (Å²) in [4.78, 5) is 9.32. The van der Waals surface area contributed by atoms with Crippen molar-refractivity contribution in [1.82, 2.24) is 4.90 Å². The molecule has 2 aromatic rings. The van der Waals surface area contributed by atoms with Crippen molar-refractivity contribution in [2.24, 2.45) is 4.99 Å². The lowest BCUT2D eigenvalue weighted by Crippen LogP contribution is -2.19. The van der Waals surface area contributed by atoms with Gasteiger partial charge in [-0.3, -0.25) is 4.99 Å². The molecule has 4 rings (SSSR count). The number of benzene rings is 1. The number of allylic oxidation sites excluding steroid dienone is 1. The van der Waals surface area contributed by atoms with Gasteiger partial charge in [0.25, 0.3) is 0 Å². The fraction of sp³-hybridized carbons (Fsp3) is 0.267. The lowest BCUT2D eigenvalue weighted by Gasteiger charge is -2.15. The Bertz CT molecular complexity index is 760. The van der Waals surface area contributed by atoms with Gasteiger partial charge >= 0.3 is 0 Å². The van der Waals surface area contributed by atoms with E-state index in [9.17, 15) is 4.39 Å². The van der Waals surface area contributed by atoms with Crippen LogP contribution in [0.1, 0.15) is 18.2 Å². The molecule has 0 unspecified atom stereocenters. The van der Waals surface area contributed by atoms with Gasteiger partial charge in [-0.1, -0.05) is 30.8 Å². The van der Waals surface area contributed by atoms with E-state index in [-0.39, 0.29) is 5.82 Å². The minimum atomic E-state index is -0.127. The van der Waals surface area contributed by atoms with Crippen molar-refractivity contribution in [3.8, 4) is 0 Å². The molecule has 0 saturated carbocycles. The molecule has 0 saturated heterocycles. The van der Waals surface area contributed by atoms with Crippen LogP contribution >= 0.6 is 23.1 Å². The van der Waals surface area contributed by atoms with E-state index < -0.39 is 0 Å². The lowest BCUT2D eigenvalue weighted by atomic mass is 10.2. The van der Waals surface area contributed by atoms with Crippen LogP contribution in [0.4, 0.5) is 4.39 Å². The van der Waals surface area contributed by atoms with Crippen LogP contribution in [-0.2, 0) is 0 Å². The summed E-state index contributed by atoms with van der Waals surface area (Å²) in [5.41, 5.74) is 1.24. The van der Waals surface area contributed by atoms with Gasteiger partial charge in [0.05, 0.1) is 21.8 Å². The molecule has 0 N–H and O–H groups in total. The zero-order valence-corrected chi connectivity index (χ0v) is 12.7. The second kappa shape index (κ2) is 4.60. The highest BCUT2D eigenvalue weighted by Crippen LogP contribution is 2.46. The molecule has 2 aliphatic rings. The highest BCUT2D eigenvalue weighted by Gasteiger charge is 2.32. The third-order valence-electron chi connectivity index (χ3n) is 3.60. The van der Waals surface area contributed by atoms with Crippen molar-refractivity contribution >= 4 is 44.0 Å². The molecule has 0 bridgehead atoms. The molecule has 0 radical (unpaired) electrons. The van der Waals surface area contributed by atoms with E-state index in [0.717, 1.165) is 39.6 Å². The van der Waals surface area contributed by atoms with E-state index in [1.807, 2.05) is 6.07 Å². The number of amidine groups is 1. The molecule has 2 aliphatic heterocycles. The third-order valence-corrected chi connectivity index (χ3v) is 6.03. The van der Waals surface area contributed by atoms with E-state index in [2.05, 4.69) is 22.9 Å². The van der Waals surface area contributed by atoms with Crippen molar-refractivity contribution < 1.29 is 4.39 Å². The average molecular weight is 304 g/mol. The van der Waals surface area contributed by atoms with Crippen molar-refractivity contribution in [2.45, 2.75) is 13.3 Å². The summed E-state index contributed by atoms with van der Waals surface area (Å²) < 4.78 is 14.6. The number of hydrogen-bond acceptors (Lipinski definition) is 4. The Labute approximate surface area is 125 Å². The first-order chi connectivity index (χ1) is 9.78. The number of nitrogens with zero attached hydrogens (tertiary/aromatic N) is 2. The van der Waals surface area contributed by atoms with E-state index in [1.54, 1.807) is 29.2 Å². The standard InChI is InChI=1S/C15H13FN2S2/c1-2-11-13(18-7-6-17-15(18)20-11)12-8-9-4-3-5-10(16)14(9)19-12/h3-5,8H,2,6-7H2,1H3. The molecule has 20 heavy (non-hydrogen) atoms. The molecule has 1 aromatic heterocycles. The van der Waals surface area contributed by atoms with Crippen molar-refractivity contribution in [2.75, 3.05) is 13.1 Å². The van der Waals surface area contributed by atoms with Crippen LogP contribution in [0.5, 0.6) is 0 Å². The molecule has 102 valence electrons. The lowest BCUT2D eigenvalue weighted by molar-refractivity contribution is 0.642. The van der Waals surface area contributed by atoms with Gasteiger partial charge < -0.3 is 4.90 Å². The summed E-state index contributed by atoms with van der Waals surface area (Å²) in [5.74, 6) is -0.127. The smallest absolute Gasteiger partial charge is 0.168 e. The molecule has 5 heteroatoms. The summed E-state index contributed by atoms with van der Waals surface area (Å²) in [6.45, 7) is 3.97. The summed E-state index contributed by atoms with van der Waals surface area (Å²) >= 11 is 3.31. The highest BCUT2D eigenvalue weighted by molar-refractivity contribution is 8.17. The first-order valence-corrected chi connectivity index (χ1v) is 8.32. The van der Waals surface area contributed by atoms with Gasteiger partial charge in [-0.05, 0) is 23.9 Å². The van der Waals surface area contributed by atoms with Crippen molar-refractivity contribution in [3.05, 3.63) is 39.9 Å². The molecule has 1 aromatic carbocycles. The Morgan fingerprint density at radius 3 is 3.10 bits per heavy atom. The number of fused-ring (bicyclic) bond motifs is 2. The maximum atomic E-state index is 13.9. The van der Waals surface area contributed by atoms with Crippen molar-refractivity contribution in [3.63, 3.8) is 0 Å². The van der Waals surface area contributed by atoms with E-state index in [4.69, 9.17) is 0 Å². The van der Waals surface area contributed by atoms with Gasteiger partial charge in [-0.15, -0.1) is 11.3 Å². The number of aliphatic imine (C=N–C) groups is 1. The maximum Gasteiger partial charge on any atom is 0.168 e. The van der Waals surface area contributed by atoms with Crippen LogP contribution in [0.2, 0.25) is 0 Å². The highest BCUT2D eigenvalue weighted by atomic mass is 32.2. The second-order valence-corrected chi connectivity index (χ2v) is 6.93. The van der Waals surface area contributed by atoms with Gasteiger partial charge in [0.15, 0.2) is 5.17 Å². The summed E-state index contributed by atoms with van der Waals surface area (Å²) in [6.07, 6.45) is 0.992. The average Bonchev–Trinajstić information content (AvgIpc) is 3.10. The first-order valence-electron chi connectivity index (χ1n) is 6.69. The van der Waals surface area contributed by atoms with E-state index in [0.29, 0.717) is 0 Å². The van der Waals surface area contributed by atoms with Gasteiger partial charge in [-0.25, -0.2) is 4.39 Å². The monoisotopic (exact) mass is 304 g/mol. The molecule has 0 fully saturated rings. The fourth-order valence-electron chi connectivity index (χ4n) is 2.68.